The molecule has 10 heteroatoms. The van der Waals surface area contributed by atoms with Gasteiger partial charge in [-0.1, -0.05) is 84.4 Å². The van der Waals surface area contributed by atoms with Crippen molar-refractivity contribution in [1.29, 1.82) is 10.5 Å². The number of ether oxygens (including phenoxy) is 2. The molecule has 0 aliphatic carbocycles. The van der Waals surface area contributed by atoms with Gasteiger partial charge in [0, 0.05) is 17.3 Å². The predicted molar refractivity (Wildman–Crippen MR) is 233 cm³/mol. The third-order valence-electron chi connectivity index (χ3n) is 9.01. The van der Waals surface area contributed by atoms with Gasteiger partial charge in [-0.15, -0.1) is 0 Å². The van der Waals surface area contributed by atoms with Crippen molar-refractivity contribution in [3.8, 4) is 80.2 Å². The van der Waals surface area contributed by atoms with E-state index in [-0.39, 0.29) is 11.0 Å². The summed E-state index contributed by atoms with van der Waals surface area (Å²) in [6, 6.07) is 54.7. The molecule has 0 fully saturated rings. The van der Waals surface area contributed by atoms with Gasteiger partial charge in [0.05, 0.1) is 40.8 Å². The highest BCUT2D eigenvalue weighted by atomic mass is 35.5. The van der Waals surface area contributed by atoms with Crippen LogP contribution in [0, 0.1) is 35.8 Å². The number of aromatic amines is 1. The van der Waals surface area contributed by atoms with E-state index in [1.807, 2.05) is 103 Å². The maximum atomic E-state index is 12.6. The number of pyridine rings is 2. The molecular weight excluding hydrogens is 768 g/mol. The molecule has 8 rings (SSSR count). The van der Waals surface area contributed by atoms with Crippen molar-refractivity contribution in [3.05, 3.63) is 219 Å². The van der Waals surface area contributed by atoms with Gasteiger partial charge in [-0.05, 0) is 108 Å². The molecule has 0 amide bonds. The molecule has 0 atom stereocenters. The maximum Gasteiger partial charge on any atom is 0.200 e. The summed E-state index contributed by atoms with van der Waals surface area (Å²) < 4.78 is 11.6. The summed E-state index contributed by atoms with van der Waals surface area (Å²) in [5.41, 5.74) is 5.92. The van der Waals surface area contributed by atoms with E-state index in [0.717, 1.165) is 22.6 Å². The van der Waals surface area contributed by atoms with Crippen molar-refractivity contribution >= 4 is 23.0 Å². The number of benzene rings is 6. The zero-order valence-corrected chi connectivity index (χ0v) is 32.3. The lowest BCUT2D eigenvalue weighted by Crippen LogP contribution is -2.09. The van der Waals surface area contributed by atoms with Crippen molar-refractivity contribution in [2.24, 2.45) is 0 Å². The third-order valence-corrected chi connectivity index (χ3v) is 9.31. The molecule has 284 valence electrons. The van der Waals surface area contributed by atoms with E-state index in [0.29, 0.717) is 67.4 Å². The Morgan fingerprint density at radius 3 is 1.58 bits per heavy atom. The van der Waals surface area contributed by atoms with Gasteiger partial charge in [0.1, 0.15) is 40.7 Å². The number of hydrogen-bond donors (Lipinski definition) is 1. The van der Waals surface area contributed by atoms with E-state index in [4.69, 9.17) is 34.2 Å². The Morgan fingerprint density at radius 2 is 1.05 bits per heavy atom. The zero-order chi connectivity index (χ0) is 41.8. The zero-order valence-electron chi connectivity index (χ0n) is 31.5. The number of para-hydroxylation sites is 2. The monoisotopic (exact) mass is 796 g/mol. The standard InChI is InChI=1S/C25H14ClN3O.C25H15N3O2/c1-28-19-7-5-6-18(14-19)24-15-23(26)22(16-27)25(29-24)17-10-12-21(13-11-17)30-20-8-3-2-4-9-20;1-27-19-7-5-6-18(14-19)23-15-24(29)22(16-26)25(28-23)17-10-12-21(13-11-17)30-20-8-3-2-4-9-20/h2-15H;2-15H,(H,28,29). The number of hydrogen-bond acceptors (Lipinski definition) is 6. The minimum absolute atomic E-state index is 0.0387. The molecule has 1 N–H and O–H groups in total. The van der Waals surface area contributed by atoms with Crippen LogP contribution in [0.1, 0.15) is 11.1 Å². The lowest BCUT2D eigenvalue weighted by atomic mass is 10.0. The first-order valence-electron chi connectivity index (χ1n) is 18.3. The number of nitrogens with one attached hydrogen (secondary N) is 1. The Kier molecular flexibility index (Phi) is 12.2. The van der Waals surface area contributed by atoms with Crippen LogP contribution < -0.4 is 14.9 Å². The molecule has 0 spiro atoms. The third kappa shape index (κ3) is 9.27. The molecule has 0 unspecified atom stereocenters. The van der Waals surface area contributed by atoms with Crippen LogP contribution in [0.25, 0.3) is 54.7 Å². The summed E-state index contributed by atoms with van der Waals surface area (Å²) in [6.07, 6.45) is 0. The van der Waals surface area contributed by atoms with Crippen LogP contribution in [-0.4, -0.2) is 9.97 Å². The molecule has 2 aromatic heterocycles. The minimum Gasteiger partial charge on any atom is -0.457 e. The van der Waals surface area contributed by atoms with Crippen LogP contribution >= 0.6 is 11.6 Å². The van der Waals surface area contributed by atoms with E-state index in [2.05, 4.69) is 25.7 Å². The number of nitrogens with zero attached hydrogens (tertiary/aromatic N) is 5. The highest BCUT2D eigenvalue weighted by Crippen LogP contribution is 2.34. The molecule has 9 nitrogen and oxygen atoms in total. The van der Waals surface area contributed by atoms with Crippen LogP contribution in [0.15, 0.2) is 175 Å². The molecule has 0 aliphatic heterocycles. The molecule has 60 heavy (non-hydrogen) atoms. The topological polar surface area (TPSA) is 121 Å². The largest absolute Gasteiger partial charge is 0.457 e. The van der Waals surface area contributed by atoms with E-state index >= 15 is 0 Å². The van der Waals surface area contributed by atoms with Gasteiger partial charge in [-0.25, -0.2) is 14.7 Å². The Hall–Kier alpha value is -8.73. The van der Waals surface area contributed by atoms with E-state index in [1.54, 1.807) is 66.7 Å². The summed E-state index contributed by atoms with van der Waals surface area (Å²) in [5, 5.41) is 19.4. The number of nitriles is 2. The Bertz CT molecular complexity index is 3050. The maximum absolute atomic E-state index is 12.6. The van der Waals surface area contributed by atoms with Gasteiger partial charge in [-0.2, -0.15) is 10.5 Å². The van der Waals surface area contributed by atoms with Crippen LogP contribution in [0.4, 0.5) is 11.4 Å². The first-order valence-corrected chi connectivity index (χ1v) is 18.6. The smallest absolute Gasteiger partial charge is 0.200 e. The van der Waals surface area contributed by atoms with Crippen LogP contribution in [0.3, 0.4) is 0 Å². The molecule has 6 aromatic carbocycles. The van der Waals surface area contributed by atoms with Crippen molar-refractivity contribution in [2.45, 2.75) is 0 Å². The summed E-state index contributed by atoms with van der Waals surface area (Å²) in [5.74, 6) is 2.78. The van der Waals surface area contributed by atoms with Gasteiger partial charge >= 0.3 is 0 Å². The fraction of sp³-hybridized carbons (Fsp3) is 0. The van der Waals surface area contributed by atoms with Crippen molar-refractivity contribution in [3.63, 3.8) is 0 Å². The quantitative estimate of drug-likeness (QED) is 0.153. The highest BCUT2D eigenvalue weighted by Gasteiger charge is 2.16. The van der Waals surface area contributed by atoms with E-state index < -0.39 is 0 Å². The Balaban J connectivity index is 0.000000181. The van der Waals surface area contributed by atoms with Gasteiger partial charge in [0.15, 0.2) is 11.4 Å². The normalized spacial score (nSPS) is 10.1. The fourth-order valence-corrected chi connectivity index (χ4v) is 6.35. The van der Waals surface area contributed by atoms with Gasteiger partial charge in [0.2, 0.25) is 5.43 Å². The molecule has 0 radical (unpaired) electrons. The second kappa shape index (κ2) is 18.5. The molecule has 0 saturated heterocycles. The lowest BCUT2D eigenvalue weighted by Gasteiger charge is -2.11. The van der Waals surface area contributed by atoms with Crippen molar-refractivity contribution in [2.75, 3.05) is 0 Å². The molecule has 8 aromatic rings. The number of rotatable bonds is 8. The lowest BCUT2D eigenvalue weighted by molar-refractivity contribution is 0.482. The molecule has 0 saturated carbocycles. The van der Waals surface area contributed by atoms with Crippen LogP contribution in [-0.2, 0) is 0 Å². The summed E-state index contributed by atoms with van der Waals surface area (Å²) in [4.78, 5) is 27.3. The average Bonchev–Trinajstić information content (AvgIpc) is 3.30. The first-order chi connectivity index (χ1) is 29.3. The van der Waals surface area contributed by atoms with Crippen LogP contribution in [0.5, 0.6) is 23.0 Å². The Labute approximate surface area is 350 Å². The van der Waals surface area contributed by atoms with E-state index in [9.17, 15) is 15.3 Å². The van der Waals surface area contributed by atoms with Gasteiger partial charge < -0.3 is 14.5 Å². The summed E-state index contributed by atoms with van der Waals surface area (Å²) in [6.45, 7) is 14.4. The molecular formula is C50H29ClN6O3. The SMILES string of the molecule is [C-]#[N+]c1cccc(-c2cc(=O)c(C#N)c(-c3ccc(Oc4ccccc4)cc3)[nH]2)c1.[C-]#[N+]c1cccc(-c2cc(Cl)c(C#N)c(-c3ccc(Oc4ccccc4)cc3)n2)c1. The molecule has 2 heterocycles. The predicted octanol–water partition coefficient (Wildman–Crippen LogP) is 13.2. The van der Waals surface area contributed by atoms with Crippen molar-refractivity contribution < 1.29 is 9.47 Å². The van der Waals surface area contributed by atoms with E-state index in [1.165, 1.54) is 6.07 Å². The number of halogens is 1. The number of aromatic nitrogens is 2. The minimum atomic E-state index is -0.376. The highest BCUT2D eigenvalue weighted by molar-refractivity contribution is 6.32. The fourth-order valence-electron chi connectivity index (χ4n) is 6.12. The van der Waals surface area contributed by atoms with Crippen LogP contribution in [0.2, 0.25) is 5.02 Å². The van der Waals surface area contributed by atoms with Crippen molar-refractivity contribution in [1.82, 2.24) is 9.97 Å². The summed E-state index contributed by atoms with van der Waals surface area (Å²) in [7, 11) is 0. The molecule has 0 bridgehead atoms. The molecule has 0 aliphatic rings. The second-order valence-electron chi connectivity index (χ2n) is 12.9. The van der Waals surface area contributed by atoms with Gasteiger partial charge in [-0.3, -0.25) is 4.79 Å². The van der Waals surface area contributed by atoms with Gasteiger partial charge in [0.25, 0.3) is 0 Å². The number of H-pyrrole nitrogens is 1. The summed E-state index contributed by atoms with van der Waals surface area (Å²) >= 11 is 6.40. The first kappa shape index (κ1) is 39.5. The average molecular weight is 797 g/mol. The Morgan fingerprint density at radius 1 is 0.550 bits per heavy atom. The second-order valence-corrected chi connectivity index (χ2v) is 13.3.